The third-order valence-corrected chi connectivity index (χ3v) is 4.25. The molecule has 0 spiro atoms. The number of rotatable bonds is 2. The average Bonchev–Trinajstić information content (AvgIpc) is 2.92. The van der Waals surface area contributed by atoms with Crippen LogP contribution < -0.4 is 0 Å². The number of aliphatic hydroxyl groups excluding tert-OH is 1. The van der Waals surface area contributed by atoms with E-state index < -0.39 is 6.10 Å². The largest absolute Gasteiger partial charge is 0.384 e. The highest BCUT2D eigenvalue weighted by atomic mass is 16.3. The van der Waals surface area contributed by atoms with Gasteiger partial charge in [0, 0.05) is 0 Å². The minimum atomic E-state index is -0.555. The van der Waals surface area contributed by atoms with E-state index in [4.69, 9.17) is 0 Å². The molecule has 1 nitrogen and oxygen atoms in total. The van der Waals surface area contributed by atoms with E-state index in [1.54, 1.807) is 0 Å². The molecule has 0 saturated carbocycles. The molecule has 0 heterocycles. The van der Waals surface area contributed by atoms with Gasteiger partial charge < -0.3 is 5.11 Å². The van der Waals surface area contributed by atoms with Gasteiger partial charge in [0.15, 0.2) is 0 Å². The molecule has 4 rings (SSSR count). The maximum Gasteiger partial charge on any atom is 0.104 e. The summed E-state index contributed by atoms with van der Waals surface area (Å²) in [5.41, 5.74) is 7.21. The van der Waals surface area contributed by atoms with Crippen molar-refractivity contribution in [2.75, 3.05) is 0 Å². The summed E-state index contributed by atoms with van der Waals surface area (Å²) >= 11 is 0. The van der Waals surface area contributed by atoms with Crippen molar-refractivity contribution in [3.63, 3.8) is 0 Å². The number of hydrogen-bond donors (Lipinski definition) is 1. The highest BCUT2D eigenvalue weighted by molar-refractivity contribution is 5.77. The number of benzene rings is 3. The van der Waals surface area contributed by atoms with Crippen molar-refractivity contribution in [2.45, 2.75) is 12.5 Å². The van der Waals surface area contributed by atoms with Crippen LogP contribution in [0, 0.1) is 0 Å². The van der Waals surface area contributed by atoms with Crippen LogP contribution in [0.15, 0.2) is 72.8 Å². The molecule has 1 atom stereocenters. The summed E-state index contributed by atoms with van der Waals surface area (Å²) in [6.45, 7) is 0. The normalized spacial score (nSPS) is 13.6. The smallest absolute Gasteiger partial charge is 0.104 e. The SMILES string of the molecule is OC(c1ccccc1)c1ccc2c(c1)Cc1ccccc1-2. The second-order valence-electron chi connectivity index (χ2n) is 5.56. The fraction of sp³-hybridized carbons (Fsp3) is 0.100. The molecule has 1 aliphatic rings. The molecule has 1 unspecified atom stereocenters. The second-order valence-corrected chi connectivity index (χ2v) is 5.56. The predicted octanol–water partition coefficient (Wildman–Crippen LogP) is 4.34. The Morgan fingerprint density at radius 3 is 2.24 bits per heavy atom. The number of aliphatic hydroxyl groups is 1. The molecule has 1 aliphatic carbocycles. The van der Waals surface area contributed by atoms with Crippen LogP contribution in [0.25, 0.3) is 11.1 Å². The first-order valence-electron chi connectivity index (χ1n) is 7.27. The molecule has 0 bridgehead atoms. The van der Waals surface area contributed by atoms with Crippen molar-refractivity contribution >= 4 is 0 Å². The summed E-state index contributed by atoms with van der Waals surface area (Å²) in [6, 6.07) is 24.7. The molecule has 0 radical (unpaired) electrons. The van der Waals surface area contributed by atoms with Crippen LogP contribution in [0.2, 0.25) is 0 Å². The molecular weight excluding hydrogens is 256 g/mol. The lowest BCUT2D eigenvalue weighted by molar-refractivity contribution is 0.220. The molecule has 0 aliphatic heterocycles. The van der Waals surface area contributed by atoms with Crippen molar-refractivity contribution in [3.05, 3.63) is 95.1 Å². The standard InChI is InChI=1S/C20H16O/c21-20(14-6-2-1-3-7-14)16-10-11-19-17(13-16)12-15-8-4-5-9-18(15)19/h1-11,13,20-21H,12H2. The van der Waals surface area contributed by atoms with E-state index in [2.05, 4.69) is 36.4 Å². The summed E-state index contributed by atoms with van der Waals surface area (Å²) in [7, 11) is 0. The summed E-state index contributed by atoms with van der Waals surface area (Å²) in [5, 5.41) is 10.5. The molecule has 0 aromatic heterocycles. The Labute approximate surface area is 124 Å². The van der Waals surface area contributed by atoms with Crippen LogP contribution in [-0.2, 0) is 6.42 Å². The molecule has 102 valence electrons. The summed E-state index contributed by atoms with van der Waals surface area (Å²) in [6.07, 6.45) is 0.404. The van der Waals surface area contributed by atoms with E-state index in [1.807, 2.05) is 36.4 Å². The zero-order valence-corrected chi connectivity index (χ0v) is 11.7. The first kappa shape index (κ1) is 12.4. The lowest BCUT2D eigenvalue weighted by Crippen LogP contribution is -2.00. The Morgan fingerprint density at radius 2 is 1.38 bits per heavy atom. The number of hydrogen-bond acceptors (Lipinski definition) is 1. The molecule has 1 N–H and O–H groups in total. The van der Waals surface area contributed by atoms with Gasteiger partial charge in [-0.25, -0.2) is 0 Å². The van der Waals surface area contributed by atoms with Gasteiger partial charge >= 0.3 is 0 Å². The van der Waals surface area contributed by atoms with Gasteiger partial charge in [-0.15, -0.1) is 0 Å². The van der Waals surface area contributed by atoms with Crippen molar-refractivity contribution < 1.29 is 5.11 Å². The van der Waals surface area contributed by atoms with E-state index in [1.165, 1.54) is 22.3 Å². The molecule has 3 aromatic rings. The van der Waals surface area contributed by atoms with Gasteiger partial charge in [0.05, 0.1) is 0 Å². The summed E-state index contributed by atoms with van der Waals surface area (Å²) < 4.78 is 0. The van der Waals surface area contributed by atoms with Gasteiger partial charge in [-0.2, -0.15) is 0 Å². The van der Waals surface area contributed by atoms with Crippen LogP contribution >= 0.6 is 0 Å². The molecule has 1 heteroatoms. The van der Waals surface area contributed by atoms with Crippen LogP contribution in [0.1, 0.15) is 28.4 Å². The predicted molar refractivity (Wildman–Crippen MR) is 85.2 cm³/mol. The Hall–Kier alpha value is -2.38. The summed E-state index contributed by atoms with van der Waals surface area (Å²) in [4.78, 5) is 0. The Bertz CT molecular complexity index is 790. The fourth-order valence-electron chi connectivity index (χ4n) is 3.16. The minimum Gasteiger partial charge on any atom is -0.384 e. The van der Waals surface area contributed by atoms with Crippen molar-refractivity contribution in [3.8, 4) is 11.1 Å². The van der Waals surface area contributed by atoms with E-state index in [9.17, 15) is 5.11 Å². The van der Waals surface area contributed by atoms with Crippen LogP contribution in [-0.4, -0.2) is 5.11 Å². The highest BCUT2D eigenvalue weighted by Gasteiger charge is 2.19. The molecule has 21 heavy (non-hydrogen) atoms. The van der Waals surface area contributed by atoms with Crippen LogP contribution in [0.3, 0.4) is 0 Å². The zero-order chi connectivity index (χ0) is 14.2. The lowest BCUT2D eigenvalue weighted by Gasteiger charge is -2.13. The van der Waals surface area contributed by atoms with Crippen molar-refractivity contribution in [1.82, 2.24) is 0 Å². The van der Waals surface area contributed by atoms with Gasteiger partial charge in [0.1, 0.15) is 6.10 Å². The molecular formula is C20H16O. The quantitative estimate of drug-likeness (QED) is 0.575. The molecule has 0 saturated heterocycles. The van der Waals surface area contributed by atoms with Gasteiger partial charge in [-0.1, -0.05) is 72.8 Å². The van der Waals surface area contributed by atoms with E-state index in [-0.39, 0.29) is 0 Å². The van der Waals surface area contributed by atoms with Gasteiger partial charge in [0.25, 0.3) is 0 Å². The van der Waals surface area contributed by atoms with Crippen LogP contribution in [0.5, 0.6) is 0 Å². The van der Waals surface area contributed by atoms with E-state index in [0.717, 1.165) is 17.5 Å². The topological polar surface area (TPSA) is 20.2 Å². The fourth-order valence-corrected chi connectivity index (χ4v) is 3.16. The van der Waals surface area contributed by atoms with E-state index in [0.29, 0.717) is 0 Å². The maximum absolute atomic E-state index is 10.5. The van der Waals surface area contributed by atoms with Crippen molar-refractivity contribution in [1.29, 1.82) is 0 Å². The first-order valence-corrected chi connectivity index (χ1v) is 7.27. The minimum absolute atomic E-state index is 0.555. The molecule has 0 fully saturated rings. The second kappa shape index (κ2) is 4.87. The third-order valence-electron chi connectivity index (χ3n) is 4.25. The Kier molecular flexibility index (Phi) is 2.87. The third kappa shape index (κ3) is 2.07. The first-order chi connectivity index (χ1) is 10.3. The van der Waals surface area contributed by atoms with Gasteiger partial charge in [-0.05, 0) is 39.8 Å². The van der Waals surface area contributed by atoms with Crippen LogP contribution in [0.4, 0.5) is 0 Å². The highest BCUT2D eigenvalue weighted by Crippen LogP contribution is 2.38. The van der Waals surface area contributed by atoms with Gasteiger partial charge in [-0.3, -0.25) is 0 Å². The van der Waals surface area contributed by atoms with E-state index >= 15 is 0 Å². The van der Waals surface area contributed by atoms with Gasteiger partial charge in [0.2, 0.25) is 0 Å². The Morgan fingerprint density at radius 1 is 0.667 bits per heavy atom. The lowest BCUT2D eigenvalue weighted by atomic mass is 9.97. The number of fused-ring (bicyclic) bond motifs is 3. The maximum atomic E-state index is 10.5. The molecule has 0 amide bonds. The average molecular weight is 272 g/mol. The monoisotopic (exact) mass is 272 g/mol. The summed E-state index contributed by atoms with van der Waals surface area (Å²) in [5.74, 6) is 0. The zero-order valence-electron chi connectivity index (χ0n) is 11.7. The van der Waals surface area contributed by atoms with Crippen molar-refractivity contribution in [2.24, 2.45) is 0 Å². The Balaban J connectivity index is 1.74. The molecule has 3 aromatic carbocycles.